The summed E-state index contributed by atoms with van der Waals surface area (Å²) in [5.41, 5.74) is 0.529. The van der Waals surface area contributed by atoms with Crippen LogP contribution in [0.3, 0.4) is 0 Å². The first-order valence-corrected chi connectivity index (χ1v) is 7.61. The lowest BCUT2D eigenvalue weighted by molar-refractivity contribution is 0.0902. The van der Waals surface area contributed by atoms with Crippen LogP contribution >= 0.6 is 0 Å². The molecular formula is C16H24FN3O. The van der Waals surface area contributed by atoms with Crippen molar-refractivity contribution in [2.75, 3.05) is 11.9 Å². The van der Waals surface area contributed by atoms with Gasteiger partial charge in [0.05, 0.1) is 11.8 Å². The second-order valence-electron chi connectivity index (χ2n) is 6.51. The third-order valence-corrected chi connectivity index (χ3v) is 3.98. The molecule has 1 amide bonds. The van der Waals surface area contributed by atoms with Crippen molar-refractivity contribution in [3.05, 3.63) is 23.6 Å². The molecule has 5 heteroatoms. The van der Waals surface area contributed by atoms with E-state index in [2.05, 4.69) is 29.5 Å². The van der Waals surface area contributed by atoms with E-state index in [1.165, 1.54) is 12.5 Å². The molecule has 1 aliphatic rings. The van der Waals surface area contributed by atoms with Gasteiger partial charge >= 0.3 is 0 Å². The Labute approximate surface area is 125 Å². The first-order valence-electron chi connectivity index (χ1n) is 7.61. The normalized spacial score (nSPS) is 20.9. The molecule has 1 aromatic heterocycles. The summed E-state index contributed by atoms with van der Waals surface area (Å²) in [6.45, 7) is 6.99. The number of halogens is 1. The molecule has 0 spiro atoms. The zero-order valence-corrected chi connectivity index (χ0v) is 13.0. The topological polar surface area (TPSA) is 54.0 Å². The average Bonchev–Trinajstić information content (AvgIpc) is 2.40. The fraction of sp³-hybridized carbons (Fsp3) is 0.625. The Balaban J connectivity index is 2.11. The maximum atomic E-state index is 13.4. The quantitative estimate of drug-likeness (QED) is 0.895. The van der Waals surface area contributed by atoms with Gasteiger partial charge in [-0.2, -0.15) is 0 Å². The zero-order valence-electron chi connectivity index (χ0n) is 13.0. The third-order valence-electron chi connectivity index (χ3n) is 3.98. The van der Waals surface area contributed by atoms with E-state index < -0.39 is 5.82 Å². The molecule has 1 aliphatic carbocycles. The fourth-order valence-corrected chi connectivity index (χ4v) is 3.01. The van der Waals surface area contributed by atoms with E-state index in [9.17, 15) is 9.18 Å². The third kappa shape index (κ3) is 4.16. The number of nitrogens with one attached hydrogen (secondary N) is 2. The van der Waals surface area contributed by atoms with Crippen molar-refractivity contribution >= 4 is 11.7 Å². The largest absolute Gasteiger partial charge is 0.370 e. The highest BCUT2D eigenvalue weighted by Crippen LogP contribution is 2.35. The van der Waals surface area contributed by atoms with E-state index in [0.717, 1.165) is 25.5 Å². The molecule has 1 heterocycles. The van der Waals surface area contributed by atoms with Crippen LogP contribution < -0.4 is 10.6 Å². The molecular weight excluding hydrogens is 269 g/mol. The average molecular weight is 293 g/mol. The summed E-state index contributed by atoms with van der Waals surface area (Å²) in [5.74, 6) is -0.308. The highest BCUT2D eigenvalue weighted by Gasteiger charge is 2.29. The maximum absolute atomic E-state index is 13.4. The molecule has 1 atom stereocenters. The van der Waals surface area contributed by atoms with E-state index in [1.54, 1.807) is 0 Å². The molecule has 0 aromatic carbocycles. The van der Waals surface area contributed by atoms with Crippen molar-refractivity contribution in [3.63, 3.8) is 0 Å². The summed E-state index contributed by atoms with van der Waals surface area (Å²) in [5, 5.41) is 6.03. The second kappa shape index (κ2) is 6.41. The van der Waals surface area contributed by atoms with Crippen molar-refractivity contribution in [1.29, 1.82) is 0 Å². The molecule has 21 heavy (non-hydrogen) atoms. The van der Waals surface area contributed by atoms with Crippen molar-refractivity contribution in [1.82, 2.24) is 10.3 Å². The Hall–Kier alpha value is -1.65. The van der Waals surface area contributed by atoms with E-state index in [1.807, 2.05) is 6.92 Å². The van der Waals surface area contributed by atoms with Gasteiger partial charge < -0.3 is 10.6 Å². The van der Waals surface area contributed by atoms with Gasteiger partial charge in [-0.25, -0.2) is 9.37 Å². The van der Waals surface area contributed by atoms with Gasteiger partial charge in [0.1, 0.15) is 11.6 Å². The second-order valence-corrected chi connectivity index (χ2v) is 6.51. The lowest BCUT2D eigenvalue weighted by atomic mass is 9.75. The zero-order chi connectivity index (χ0) is 15.5. The van der Waals surface area contributed by atoms with Crippen LogP contribution in [-0.2, 0) is 0 Å². The molecule has 2 N–H and O–H groups in total. The lowest BCUT2D eigenvalue weighted by Crippen LogP contribution is -2.41. The summed E-state index contributed by atoms with van der Waals surface area (Å²) in [6, 6.07) is 1.40. The van der Waals surface area contributed by atoms with Gasteiger partial charge in [-0.05, 0) is 37.7 Å². The number of aromatic nitrogens is 1. The number of hydrogen-bond donors (Lipinski definition) is 2. The number of amides is 1. The molecule has 0 bridgehead atoms. The van der Waals surface area contributed by atoms with E-state index in [0.29, 0.717) is 12.4 Å². The van der Waals surface area contributed by atoms with Crippen LogP contribution in [-0.4, -0.2) is 23.5 Å². The SMILES string of the molecule is CCNc1ncc(F)cc1C(=O)NC1CCCC(C)(C)C1. The minimum absolute atomic E-state index is 0.152. The van der Waals surface area contributed by atoms with Crippen molar-refractivity contribution in [3.8, 4) is 0 Å². The van der Waals surface area contributed by atoms with Crippen LogP contribution in [0.15, 0.2) is 12.3 Å². The standard InChI is InChI=1S/C16H24FN3O/c1-4-18-14-13(8-11(17)10-19-14)15(21)20-12-6-5-7-16(2,3)9-12/h8,10,12H,4-7,9H2,1-3H3,(H,18,19)(H,20,21). The Kier molecular flexibility index (Phi) is 4.80. The Morgan fingerprint density at radius 1 is 1.52 bits per heavy atom. The van der Waals surface area contributed by atoms with Gasteiger partial charge in [0.25, 0.3) is 5.91 Å². The van der Waals surface area contributed by atoms with Gasteiger partial charge in [0.2, 0.25) is 0 Å². The Bertz CT molecular complexity index is 516. The van der Waals surface area contributed by atoms with E-state index >= 15 is 0 Å². The number of hydrogen-bond acceptors (Lipinski definition) is 3. The summed E-state index contributed by atoms with van der Waals surface area (Å²) < 4.78 is 13.4. The minimum atomic E-state index is -0.495. The van der Waals surface area contributed by atoms with Crippen LogP contribution in [0.2, 0.25) is 0 Å². The van der Waals surface area contributed by atoms with Crippen LogP contribution in [0, 0.1) is 11.2 Å². The molecule has 1 fully saturated rings. The first-order chi connectivity index (χ1) is 9.91. The number of carbonyl (C=O) groups is 1. The molecule has 1 aromatic rings. The van der Waals surface area contributed by atoms with Crippen molar-refractivity contribution < 1.29 is 9.18 Å². The van der Waals surface area contributed by atoms with Crippen LogP contribution in [0.4, 0.5) is 10.2 Å². The number of nitrogens with zero attached hydrogens (tertiary/aromatic N) is 1. The highest BCUT2D eigenvalue weighted by molar-refractivity contribution is 5.98. The highest BCUT2D eigenvalue weighted by atomic mass is 19.1. The summed E-state index contributed by atoms with van der Waals surface area (Å²) in [6.07, 6.45) is 5.36. The maximum Gasteiger partial charge on any atom is 0.255 e. The molecule has 1 unspecified atom stereocenters. The van der Waals surface area contributed by atoms with E-state index in [-0.39, 0.29) is 22.9 Å². The lowest BCUT2D eigenvalue weighted by Gasteiger charge is -2.35. The summed E-state index contributed by atoms with van der Waals surface area (Å²) in [4.78, 5) is 16.4. The number of carbonyl (C=O) groups excluding carboxylic acids is 1. The summed E-state index contributed by atoms with van der Waals surface area (Å²) >= 11 is 0. The molecule has 0 saturated heterocycles. The Morgan fingerprint density at radius 3 is 2.95 bits per heavy atom. The van der Waals surface area contributed by atoms with Gasteiger partial charge in [0, 0.05) is 12.6 Å². The van der Waals surface area contributed by atoms with Crippen molar-refractivity contribution in [2.45, 2.75) is 52.5 Å². The minimum Gasteiger partial charge on any atom is -0.370 e. The number of rotatable bonds is 4. The molecule has 4 nitrogen and oxygen atoms in total. The molecule has 0 aliphatic heterocycles. The van der Waals surface area contributed by atoms with Crippen LogP contribution in [0.1, 0.15) is 56.8 Å². The van der Waals surface area contributed by atoms with Gasteiger partial charge in [-0.1, -0.05) is 20.3 Å². The fourth-order valence-electron chi connectivity index (χ4n) is 3.01. The van der Waals surface area contributed by atoms with E-state index in [4.69, 9.17) is 0 Å². The van der Waals surface area contributed by atoms with Gasteiger partial charge in [0.15, 0.2) is 0 Å². The molecule has 2 rings (SSSR count). The first kappa shape index (κ1) is 15.7. The van der Waals surface area contributed by atoms with Gasteiger partial charge in [-0.3, -0.25) is 4.79 Å². The monoisotopic (exact) mass is 293 g/mol. The smallest absolute Gasteiger partial charge is 0.255 e. The number of anilines is 1. The van der Waals surface area contributed by atoms with Crippen LogP contribution in [0.25, 0.3) is 0 Å². The number of pyridine rings is 1. The predicted molar refractivity (Wildman–Crippen MR) is 81.9 cm³/mol. The predicted octanol–water partition coefficient (Wildman–Crippen LogP) is 3.35. The summed E-state index contributed by atoms with van der Waals surface area (Å²) in [7, 11) is 0. The van der Waals surface area contributed by atoms with Crippen LogP contribution in [0.5, 0.6) is 0 Å². The van der Waals surface area contributed by atoms with Gasteiger partial charge in [-0.15, -0.1) is 0 Å². The molecule has 116 valence electrons. The molecule has 1 saturated carbocycles. The molecule has 0 radical (unpaired) electrons. The van der Waals surface area contributed by atoms with Crippen molar-refractivity contribution in [2.24, 2.45) is 5.41 Å². The Morgan fingerprint density at radius 2 is 2.29 bits per heavy atom.